The Balaban J connectivity index is 1.46. The van der Waals surface area contributed by atoms with Crippen molar-refractivity contribution in [1.29, 1.82) is 0 Å². The maximum Gasteiger partial charge on any atom is 0.303 e. The van der Waals surface area contributed by atoms with Crippen LogP contribution in [0.5, 0.6) is 0 Å². The summed E-state index contributed by atoms with van der Waals surface area (Å²) in [5.74, 6) is -0.728. The van der Waals surface area contributed by atoms with E-state index in [-0.39, 0.29) is 6.42 Å². The number of hydrogen-bond donors (Lipinski definition) is 1. The lowest BCUT2D eigenvalue weighted by Crippen LogP contribution is -2.00. The molecule has 0 heterocycles. The van der Waals surface area contributed by atoms with Crippen LogP contribution < -0.4 is 0 Å². The van der Waals surface area contributed by atoms with Crippen LogP contribution in [0, 0.1) is 0 Å². The van der Waals surface area contributed by atoms with Gasteiger partial charge in [0, 0.05) is 6.42 Å². The van der Waals surface area contributed by atoms with Gasteiger partial charge in [-0.2, -0.15) is 0 Å². The first-order chi connectivity index (χ1) is 27.2. The number of benzene rings is 13. The largest absolute Gasteiger partial charge is 0.481 e. The summed E-state index contributed by atoms with van der Waals surface area (Å²) in [5.41, 5.74) is 1.29. The summed E-state index contributed by atoms with van der Waals surface area (Å²) >= 11 is 0. The molecular weight excluding hydrogens is 669 g/mol. The van der Waals surface area contributed by atoms with Crippen molar-refractivity contribution in [2.75, 3.05) is 0 Å². The van der Waals surface area contributed by atoms with Crippen LogP contribution in [0.25, 0.3) is 129 Å². The molecule has 13 rings (SSSR count). The van der Waals surface area contributed by atoms with E-state index in [2.05, 4.69) is 140 Å². The van der Waals surface area contributed by atoms with E-state index >= 15 is 0 Å². The zero-order valence-corrected chi connectivity index (χ0v) is 30.0. The summed E-state index contributed by atoms with van der Waals surface area (Å²) in [4.78, 5) is 11.6. The Bertz CT molecular complexity index is 3680. The number of carboxylic acids is 1. The highest BCUT2D eigenvalue weighted by Gasteiger charge is 2.30. The maximum absolute atomic E-state index is 11.6. The van der Waals surface area contributed by atoms with Crippen molar-refractivity contribution in [2.24, 2.45) is 0 Å². The van der Waals surface area contributed by atoms with Crippen LogP contribution in [0.2, 0.25) is 0 Å². The number of unbranched alkanes of at least 4 members (excludes halogenated alkanes) is 1. The average Bonchev–Trinajstić information content (AvgIpc) is 3.23. The molecule has 55 heavy (non-hydrogen) atoms. The number of aryl methyl sites for hydroxylation is 1. The number of carboxylic acid groups (broad SMARTS) is 1. The van der Waals surface area contributed by atoms with Gasteiger partial charge in [-0.15, -0.1) is 0 Å². The van der Waals surface area contributed by atoms with Crippen LogP contribution in [-0.2, 0) is 11.2 Å². The highest BCUT2D eigenvalue weighted by Crippen LogP contribution is 2.59. The molecule has 0 saturated heterocycles. The average molecular weight is 701 g/mol. The van der Waals surface area contributed by atoms with E-state index in [0.29, 0.717) is 6.42 Å². The van der Waals surface area contributed by atoms with Crippen LogP contribution in [0.1, 0.15) is 24.8 Å². The number of fused-ring (bicyclic) bond motifs is 18. The first-order valence-corrected chi connectivity index (χ1v) is 19.5. The second kappa shape index (κ2) is 10.5. The van der Waals surface area contributed by atoms with Crippen LogP contribution in [0.4, 0.5) is 0 Å². The minimum Gasteiger partial charge on any atom is -0.481 e. The van der Waals surface area contributed by atoms with Gasteiger partial charge in [-0.1, -0.05) is 140 Å². The molecule has 0 spiro atoms. The van der Waals surface area contributed by atoms with Crippen molar-refractivity contribution in [1.82, 2.24) is 0 Å². The molecule has 0 aliphatic heterocycles. The molecule has 256 valence electrons. The van der Waals surface area contributed by atoms with E-state index in [0.717, 1.165) is 12.8 Å². The Hall–Kier alpha value is -6.77. The molecule has 2 heteroatoms. The van der Waals surface area contributed by atoms with Crippen molar-refractivity contribution in [2.45, 2.75) is 25.7 Å². The lowest BCUT2D eigenvalue weighted by atomic mass is 9.74. The van der Waals surface area contributed by atoms with E-state index in [4.69, 9.17) is 0 Å². The van der Waals surface area contributed by atoms with Crippen molar-refractivity contribution in [3.63, 3.8) is 0 Å². The zero-order chi connectivity index (χ0) is 36.1. The van der Waals surface area contributed by atoms with Gasteiger partial charge in [-0.05, 0) is 154 Å². The Morgan fingerprint density at radius 1 is 0.309 bits per heavy atom. The SMILES string of the molecule is O=C(O)CCCCc1cccc2c1c1c3ccccc3c3c4ccccc4c4c5ccccc5c5c6ccccc6c6c7ccccc7c2c2c6c5c4c3c12. The Morgan fingerprint density at radius 2 is 0.600 bits per heavy atom. The quantitative estimate of drug-likeness (QED) is 0.110. The van der Waals surface area contributed by atoms with E-state index in [1.54, 1.807) is 0 Å². The summed E-state index contributed by atoms with van der Waals surface area (Å²) < 4.78 is 0. The van der Waals surface area contributed by atoms with Crippen LogP contribution >= 0.6 is 0 Å². The van der Waals surface area contributed by atoms with Gasteiger partial charge in [0.1, 0.15) is 0 Å². The van der Waals surface area contributed by atoms with Crippen LogP contribution in [-0.4, -0.2) is 11.1 Å². The topological polar surface area (TPSA) is 37.3 Å². The summed E-state index contributed by atoms with van der Waals surface area (Å²) in [7, 11) is 0. The van der Waals surface area contributed by atoms with E-state index in [1.165, 1.54) is 135 Å². The smallest absolute Gasteiger partial charge is 0.303 e. The van der Waals surface area contributed by atoms with E-state index < -0.39 is 5.97 Å². The van der Waals surface area contributed by atoms with Crippen LogP contribution in [0.15, 0.2) is 140 Å². The van der Waals surface area contributed by atoms with Gasteiger partial charge in [0.15, 0.2) is 0 Å². The van der Waals surface area contributed by atoms with Gasteiger partial charge in [0.2, 0.25) is 0 Å². The van der Waals surface area contributed by atoms with Crippen molar-refractivity contribution in [3.8, 4) is 0 Å². The summed E-state index contributed by atoms with van der Waals surface area (Å²) in [6.07, 6.45) is 2.50. The molecule has 1 N–H and O–H groups in total. The first kappa shape index (κ1) is 29.7. The standard InChI is InChI=1S/C53H32O2/c54-40(55)27-12-1-14-28-15-13-26-39-41(28)47-38-25-11-10-24-37(38)45-34-21-7-6-20-33(34)43-31-18-4-2-16-29(31)42-30-17-3-5-19-32(30)44-35-22-8-9-23-36(35)46(39)52-50(44)48(42)49(43)51(45)53(47)52/h2-11,13,15-26H,1,12,14,27H2,(H,54,55). The molecule has 0 fully saturated rings. The van der Waals surface area contributed by atoms with Gasteiger partial charge in [-0.25, -0.2) is 0 Å². The highest BCUT2D eigenvalue weighted by atomic mass is 16.4. The molecule has 0 amide bonds. The lowest BCUT2D eigenvalue weighted by Gasteiger charge is -2.28. The third-order valence-electron chi connectivity index (χ3n) is 13.1. The molecule has 0 bridgehead atoms. The van der Waals surface area contributed by atoms with Gasteiger partial charge in [-0.3, -0.25) is 4.79 Å². The Morgan fingerprint density at radius 3 is 0.945 bits per heavy atom. The van der Waals surface area contributed by atoms with Crippen molar-refractivity contribution in [3.05, 3.63) is 145 Å². The molecule has 0 unspecified atom stereocenters. The lowest BCUT2D eigenvalue weighted by molar-refractivity contribution is -0.137. The summed E-state index contributed by atoms with van der Waals surface area (Å²) in [6, 6.07) is 52.4. The third-order valence-corrected chi connectivity index (χ3v) is 13.1. The molecule has 2 nitrogen and oxygen atoms in total. The fraction of sp³-hybridized carbons (Fsp3) is 0.0755. The Labute approximate surface area is 314 Å². The van der Waals surface area contributed by atoms with Gasteiger partial charge in [0.05, 0.1) is 0 Å². The molecule has 0 saturated carbocycles. The van der Waals surface area contributed by atoms with Crippen LogP contribution in [0.3, 0.4) is 0 Å². The van der Waals surface area contributed by atoms with E-state index in [1.807, 2.05) is 0 Å². The van der Waals surface area contributed by atoms with Gasteiger partial charge < -0.3 is 5.11 Å². The van der Waals surface area contributed by atoms with Crippen molar-refractivity contribution < 1.29 is 9.90 Å². The zero-order valence-electron chi connectivity index (χ0n) is 30.0. The molecular formula is C53H32O2. The molecule has 0 aromatic heterocycles. The fourth-order valence-corrected chi connectivity index (χ4v) is 11.2. The molecule has 13 aromatic carbocycles. The highest BCUT2D eigenvalue weighted by molar-refractivity contribution is 6.60. The molecule has 13 aromatic rings. The van der Waals surface area contributed by atoms with Gasteiger partial charge >= 0.3 is 5.97 Å². The normalized spacial score (nSPS) is 12.8. The molecule has 0 aliphatic rings. The first-order valence-electron chi connectivity index (χ1n) is 19.5. The number of aliphatic carboxylic acids is 1. The minimum atomic E-state index is -0.728. The summed E-state index contributed by atoms with van der Waals surface area (Å²) in [5, 5.41) is 41.3. The number of hydrogen-bond acceptors (Lipinski definition) is 1. The predicted molar refractivity (Wildman–Crippen MR) is 235 cm³/mol. The molecule has 0 atom stereocenters. The van der Waals surface area contributed by atoms with Gasteiger partial charge in [0.25, 0.3) is 0 Å². The molecule has 0 aliphatic carbocycles. The third kappa shape index (κ3) is 3.54. The Kier molecular flexibility index (Phi) is 5.64. The number of carbonyl (C=O) groups is 1. The molecule has 0 radical (unpaired) electrons. The minimum absolute atomic E-state index is 0.193. The second-order valence-corrected chi connectivity index (χ2v) is 15.7. The maximum atomic E-state index is 11.6. The number of rotatable bonds is 5. The second-order valence-electron chi connectivity index (χ2n) is 15.7. The fourth-order valence-electron chi connectivity index (χ4n) is 11.2. The van der Waals surface area contributed by atoms with Crippen molar-refractivity contribution >= 4 is 135 Å². The predicted octanol–water partition coefficient (Wildman–Crippen LogP) is 14.6. The van der Waals surface area contributed by atoms with E-state index in [9.17, 15) is 9.90 Å². The summed E-state index contributed by atoms with van der Waals surface area (Å²) in [6.45, 7) is 0. The monoisotopic (exact) mass is 700 g/mol.